The normalized spacial score (nSPS) is 14.5. The van der Waals surface area contributed by atoms with E-state index in [1.165, 1.54) is 7.11 Å². The van der Waals surface area contributed by atoms with Gasteiger partial charge in [-0.3, -0.25) is 9.59 Å². The van der Waals surface area contributed by atoms with Gasteiger partial charge in [0.05, 0.1) is 19.0 Å². The summed E-state index contributed by atoms with van der Waals surface area (Å²) >= 11 is 0. The Kier molecular flexibility index (Phi) is 5.16. The molecule has 1 aliphatic rings. The van der Waals surface area contributed by atoms with Crippen molar-refractivity contribution >= 4 is 11.9 Å². The van der Waals surface area contributed by atoms with E-state index in [9.17, 15) is 9.59 Å². The van der Waals surface area contributed by atoms with Gasteiger partial charge in [-0.15, -0.1) is 0 Å². The minimum Gasteiger partial charge on any atom is -0.468 e. The fourth-order valence-corrected chi connectivity index (χ4v) is 3.26. The third kappa shape index (κ3) is 3.90. The van der Waals surface area contributed by atoms with Crippen LogP contribution in [0.15, 0.2) is 36.7 Å². The van der Waals surface area contributed by atoms with Gasteiger partial charge in [-0.25, -0.2) is 4.68 Å². The fraction of sp³-hybridized carbons (Fsp3) is 0.421. The molecular weight excluding hydrogens is 318 g/mol. The Morgan fingerprint density at radius 1 is 1.24 bits per heavy atom. The van der Waals surface area contributed by atoms with Gasteiger partial charge in [0.1, 0.15) is 6.54 Å². The van der Waals surface area contributed by atoms with Crippen molar-refractivity contribution in [2.75, 3.05) is 13.7 Å². The second kappa shape index (κ2) is 7.51. The zero-order chi connectivity index (χ0) is 17.8. The molecule has 0 spiro atoms. The predicted octanol–water partition coefficient (Wildman–Crippen LogP) is 2.74. The molecule has 0 atom stereocenters. The molecule has 0 bridgehead atoms. The number of methoxy groups -OCH3 is 1. The molecule has 3 rings (SSSR count). The monoisotopic (exact) mass is 341 g/mol. The molecule has 1 heterocycles. The lowest BCUT2D eigenvalue weighted by Crippen LogP contribution is -2.42. The van der Waals surface area contributed by atoms with Gasteiger partial charge in [-0.1, -0.05) is 12.8 Å². The zero-order valence-electron chi connectivity index (χ0n) is 14.6. The highest BCUT2D eigenvalue weighted by molar-refractivity contribution is 5.96. The molecule has 0 unspecified atom stereocenters. The van der Waals surface area contributed by atoms with Gasteiger partial charge in [0, 0.05) is 17.8 Å². The molecule has 0 aliphatic heterocycles. The molecular formula is C19H23N3O3. The van der Waals surface area contributed by atoms with Crippen molar-refractivity contribution in [3.8, 4) is 5.69 Å². The minimum atomic E-state index is -0.385. The van der Waals surface area contributed by atoms with E-state index < -0.39 is 0 Å². The lowest BCUT2D eigenvalue weighted by Gasteiger charge is -2.28. The van der Waals surface area contributed by atoms with Crippen LogP contribution in [-0.2, 0) is 9.53 Å². The number of carbonyl (C=O) groups excluding carboxylic acids is 2. The third-order valence-electron chi connectivity index (χ3n) is 4.64. The quantitative estimate of drug-likeness (QED) is 0.785. The zero-order valence-corrected chi connectivity index (χ0v) is 14.6. The summed E-state index contributed by atoms with van der Waals surface area (Å²) in [7, 11) is 1.35. The summed E-state index contributed by atoms with van der Waals surface area (Å²) in [5, 5.41) is 4.27. The predicted molar refractivity (Wildman–Crippen MR) is 93.6 cm³/mol. The van der Waals surface area contributed by atoms with Crippen molar-refractivity contribution in [3.63, 3.8) is 0 Å². The van der Waals surface area contributed by atoms with Crippen molar-refractivity contribution < 1.29 is 14.3 Å². The largest absolute Gasteiger partial charge is 0.468 e. The van der Waals surface area contributed by atoms with Crippen molar-refractivity contribution in [1.29, 1.82) is 0 Å². The molecule has 0 N–H and O–H groups in total. The first kappa shape index (κ1) is 17.2. The summed E-state index contributed by atoms with van der Waals surface area (Å²) in [5.41, 5.74) is 2.54. The molecule has 0 radical (unpaired) electrons. The van der Waals surface area contributed by atoms with E-state index in [0.29, 0.717) is 5.56 Å². The number of hydrogen-bond acceptors (Lipinski definition) is 4. The number of aryl methyl sites for hydroxylation is 1. The molecule has 6 heteroatoms. The number of esters is 1. The van der Waals surface area contributed by atoms with Gasteiger partial charge < -0.3 is 9.64 Å². The van der Waals surface area contributed by atoms with Crippen molar-refractivity contribution in [1.82, 2.24) is 14.7 Å². The summed E-state index contributed by atoms with van der Waals surface area (Å²) in [6, 6.07) is 7.41. The van der Waals surface area contributed by atoms with Crippen LogP contribution >= 0.6 is 0 Å². The molecule has 1 amide bonds. The minimum absolute atomic E-state index is 0.000101. The smallest absolute Gasteiger partial charge is 0.325 e. The Morgan fingerprint density at radius 3 is 2.48 bits per heavy atom. The fourth-order valence-electron chi connectivity index (χ4n) is 3.26. The van der Waals surface area contributed by atoms with Crippen LogP contribution in [-0.4, -0.2) is 46.3 Å². The topological polar surface area (TPSA) is 64.4 Å². The number of rotatable bonds is 5. The van der Waals surface area contributed by atoms with E-state index in [-0.39, 0.29) is 24.5 Å². The molecule has 132 valence electrons. The van der Waals surface area contributed by atoms with Gasteiger partial charge in [-0.05, 0) is 49.6 Å². The molecule has 1 aromatic carbocycles. The van der Waals surface area contributed by atoms with E-state index >= 15 is 0 Å². The first-order chi connectivity index (χ1) is 12.1. The number of hydrogen-bond donors (Lipinski definition) is 0. The summed E-state index contributed by atoms with van der Waals surface area (Å²) < 4.78 is 6.53. The van der Waals surface area contributed by atoms with Crippen LogP contribution in [0.25, 0.3) is 5.69 Å². The lowest BCUT2D eigenvalue weighted by atomic mass is 10.1. The summed E-state index contributed by atoms with van der Waals surface area (Å²) in [6.45, 7) is 1.98. The van der Waals surface area contributed by atoms with Crippen LogP contribution in [0.3, 0.4) is 0 Å². The molecule has 25 heavy (non-hydrogen) atoms. The highest BCUT2D eigenvalue weighted by atomic mass is 16.5. The Morgan fingerprint density at radius 2 is 1.92 bits per heavy atom. The molecule has 0 saturated heterocycles. The van der Waals surface area contributed by atoms with Gasteiger partial charge in [-0.2, -0.15) is 5.10 Å². The van der Waals surface area contributed by atoms with Crippen molar-refractivity contribution in [2.24, 2.45) is 0 Å². The van der Waals surface area contributed by atoms with E-state index in [1.54, 1.807) is 27.9 Å². The average Bonchev–Trinajstić information content (AvgIpc) is 3.31. The second-order valence-corrected chi connectivity index (χ2v) is 6.46. The van der Waals surface area contributed by atoms with E-state index in [4.69, 9.17) is 4.74 Å². The Balaban J connectivity index is 1.79. The van der Waals surface area contributed by atoms with Crippen molar-refractivity contribution in [3.05, 3.63) is 47.8 Å². The second-order valence-electron chi connectivity index (χ2n) is 6.46. The number of benzene rings is 1. The maximum atomic E-state index is 12.9. The Bertz CT molecular complexity index is 746. The van der Waals surface area contributed by atoms with Gasteiger partial charge in [0.2, 0.25) is 0 Å². The van der Waals surface area contributed by atoms with Crippen molar-refractivity contribution in [2.45, 2.75) is 38.6 Å². The molecule has 6 nitrogen and oxygen atoms in total. The highest BCUT2D eigenvalue weighted by Gasteiger charge is 2.29. The van der Waals surface area contributed by atoms with E-state index in [1.807, 2.05) is 25.3 Å². The van der Waals surface area contributed by atoms with Crippen LogP contribution in [0.1, 0.15) is 41.6 Å². The summed E-state index contributed by atoms with van der Waals surface area (Å²) in [5.74, 6) is -0.510. The number of amides is 1. The first-order valence-corrected chi connectivity index (χ1v) is 8.58. The average molecular weight is 341 g/mol. The van der Waals surface area contributed by atoms with Crippen LogP contribution < -0.4 is 0 Å². The van der Waals surface area contributed by atoms with Gasteiger partial charge in [0.15, 0.2) is 0 Å². The van der Waals surface area contributed by atoms with E-state index in [0.717, 1.165) is 36.9 Å². The SMILES string of the molecule is COC(=O)CN(C(=O)c1ccc(-n2cc(C)cn2)cc1)C1CCCC1. The number of ether oxygens (including phenoxy) is 1. The lowest BCUT2D eigenvalue weighted by molar-refractivity contribution is -0.141. The molecule has 2 aromatic rings. The summed E-state index contributed by atoms with van der Waals surface area (Å²) in [6.07, 6.45) is 7.78. The third-order valence-corrected chi connectivity index (χ3v) is 4.64. The van der Waals surface area contributed by atoms with Crippen LogP contribution in [0.2, 0.25) is 0 Å². The Labute approximate surface area is 147 Å². The maximum Gasteiger partial charge on any atom is 0.325 e. The molecule has 1 aromatic heterocycles. The number of nitrogens with zero attached hydrogens (tertiary/aromatic N) is 3. The molecule has 1 aliphatic carbocycles. The molecule has 1 saturated carbocycles. The maximum absolute atomic E-state index is 12.9. The first-order valence-electron chi connectivity index (χ1n) is 8.58. The van der Waals surface area contributed by atoms with Gasteiger partial charge in [0.25, 0.3) is 5.91 Å². The Hall–Kier alpha value is -2.63. The van der Waals surface area contributed by atoms with E-state index in [2.05, 4.69) is 5.10 Å². The van der Waals surface area contributed by atoms with Crippen LogP contribution in [0.4, 0.5) is 0 Å². The number of carbonyl (C=O) groups is 2. The standard InChI is InChI=1S/C19H23N3O3/c1-14-11-20-22(12-14)17-9-7-15(8-10-17)19(24)21(13-18(23)25-2)16-5-3-4-6-16/h7-12,16H,3-6,13H2,1-2H3. The number of aromatic nitrogens is 2. The van der Waals surface area contributed by atoms with Gasteiger partial charge >= 0.3 is 5.97 Å². The van der Waals surface area contributed by atoms with Crippen LogP contribution in [0.5, 0.6) is 0 Å². The van der Waals surface area contributed by atoms with Crippen LogP contribution in [0, 0.1) is 6.92 Å². The molecule has 1 fully saturated rings. The summed E-state index contributed by atoms with van der Waals surface area (Å²) in [4.78, 5) is 26.3. The highest BCUT2D eigenvalue weighted by Crippen LogP contribution is 2.25.